The first-order chi connectivity index (χ1) is 15.1. The van der Waals surface area contributed by atoms with Crippen molar-refractivity contribution >= 4 is 75.6 Å². The fourth-order valence-corrected chi connectivity index (χ4v) is 8.56. The lowest BCUT2D eigenvalue weighted by Gasteiger charge is -2.37. The number of ether oxygens (including phenoxy) is 1. The van der Waals surface area contributed by atoms with Gasteiger partial charge < -0.3 is 4.74 Å². The van der Waals surface area contributed by atoms with Gasteiger partial charge in [0.2, 0.25) is 0 Å². The second-order valence-electron chi connectivity index (χ2n) is 9.28. The van der Waals surface area contributed by atoms with Crippen molar-refractivity contribution in [1.29, 1.82) is 0 Å². The molecule has 0 amide bonds. The van der Waals surface area contributed by atoms with Crippen molar-refractivity contribution in [2.45, 2.75) is 111 Å². The third kappa shape index (κ3) is 5.52. The highest BCUT2D eigenvalue weighted by atomic mass is 35.5. The fourth-order valence-electron chi connectivity index (χ4n) is 5.42. The molecule has 8 heteroatoms. The summed E-state index contributed by atoms with van der Waals surface area (Å²) in [5.74, 6) is -0.200. The Labute approximate surface area is 224 Å². The molecule has 0 aromatic rings. The third-order valence-corrected chi connectivity index (χ3v) is 11.6. The Balaban J connectivity index is 1.98. The van der Waals surface area contributed by atoms with E-state index in [0.717, 1.165) is 57.8 Å². The average molecular weight is 569 g/mol. The summed E-state index contributed by atoms with van der Waals surface area (Å²) in [4.78, 5) is 8.92. The van der Waals surface area contributed by atoms with Crippen LogP contribution in [0.25, 0.3) is 0 Å². The topological polar surface area (TPSA) is 26.3 Å². The minimum absolute atomic E-state index is 0.0165. The van der Waals surface area contributed by atoms with E-state index in [2.05, 4.69) is 11.7 Å². The Morgan fingerprint density at radius 3 is 1.59 bits per heavy atom. The highest BCUT2D eigenvalue weighted by Crippen LogP contribution is 2.77. The molecule has 32 heavy (non-hydrogen) atoms. The smallest absolute Gasteiger partial charge is 0.305 e. The van der Waals surface area contributed by atoms with E-state index < -0.39 is 14.1 Å². The lowest BCUT2D eigenvalue weighted by atomic mass is 9.76. The van der Waals surface area contributed by atoms with E-state index in [0.29, 0.717) is 16.5 Å². The van der Waals surface area contributed by atoms with Crippen LogP contribution in [0.4, 0.5) is 0 Å². The number of methoxy groups -OCH3 is 1. The summed E-state index contributed by atoms with van der Waals surface area (Å²) >= 11 is 41.1. The van der Waals surface area contributed by atoms with E-state index in [1.165, 1.54) is 32.8 Å². The molecule has 1 fully saturated rings. The number of carbonyl (C=O) groups is 1. The summed E-state index contributed by atoms with van der Waals surface area (Å²) in [7, 11) is 1.42. The number of carbonyl (C=O) groups excluding carboxylic acids is 1. The molecule has 186 valence electrons. The Morgan fingerprint density at radius 1 is 0.750 bits per heavy atom. The zero-order valence-electron chi connectivity index (χ0n) is 19.1. The number of halogens is 6. The number of esters is 1. The molecule has 0 spiro atoms. The van der Waals surface area contributed by atoms with Crippen LogP contribution in [0.15, 0.2) is 10.1 Å². The first kappa shape index (κ1) is 29.2. The summed E-state index contributed by atoms with van der Waals surface area (Å²) in [6.07, 6.45) is 14.3. The molecular weight excluding hydrogens is 533 g/mol. The molecule has 2 rings (SSSR count). The van der Waals surface area contributed by atoms with E-state index in [1.807, 2.05) is 0 Å². The third-order valence-electron chi connectivity index (χ3n) is 7.25. The van der Waals surface area contributed by atoms with Crippen molar-refractivity contribution in [3.05, 3.63) is 10.1 Å². The van der Waals surface area contributed by atoms with Crippen LogP contribution in [0, 0.1) is 11.8 Å². The predicted octanol–water partition coefficient (Wildman–Crippen LogP) is 9.72. The molecule has 0 aromatic heterocycles. The van der Waals surface area contributed by atoms with Gasteiger partial charge in [-0.15, -0.1) is 23.2 Å². The van der Waals surface area contributed by atoms with E-state index in [-0.39, 0.29) is 17.8 Å². The van der Waals surface area contributed by atoms with Crippen LogP contribution in [0.2, 0.25) is 0 Å². The lowest BCUT2D eigenvalue weighted by Crippen LogP contribution is -2.44. The van der Waals surface area contributed by atoms with Crippen molar-refractivity contribution in [1.82, 2.24) is 0 Å². The normalized spacial score (nSPS) is 30.9. The molecule has 0 N–H and O–H groups in total. The number of alkyl halides is 4. The molecule has 0 radical (unpaired) electrons. The molecular formula is C24H36Cl6O2. The van der Waals surface area contributed by atoms with Crippen molar-refractivity contribution in [3.8, 4) is 0 Å². The number of hydrogen-bond donors (Lipinski definition) is 0. The van der Waals surface area contributed by atoms with E-state index in [9.17, 15) is 4.79 Å². The van der Waals surface area contributed by atoms with Gasteiger partial charge in [0.15, 0.2) is 4.33 Å². The van der Waals surface area contributed by atoms with Crippen molar-refractivity contribution in [3.63, 3.8) is 0 Å². The van der Waals surface area contributed by atoms with Crippen LogP contribution in [0.1, 0.15) is 96.8 Å². The SMILES string of the molecule is CCCCCCCC[C@H]1[C@@H](CCCCCCCC(=O)OC)[C@]2(Cl)C(Cl)=C(Cl)[C@]1(Cl)C2(Cl)Cl. The lowest BCUT2D eigenvalue weighted by molar-refractivity contribution is -0.140. The first-order valence-corrected chi connectivity index (χ1v) is 14.3. The number of allylic oxidation sites excluding steroid dienone is 2. The molecule has 2 aliphatic rings. The molecule has 2 bridgehead atoms. The molecule has 0 saturated heterocycles. The number of rotatable bonds is 15. The van der Waals surface area contributed by atoms with Gasteiger partial charge >= 0.3 is 5.97 Å². The number of fused-ring (bicyclic) bond motifs is 2. The maximum atomic E-state index is 11.2. The van der Waals surface area contributed by atoms with Gasteiger partial charge in [-0.05, 0) is 31.1 Å². The van der Waals surface area contributed by atoms with Gasteiger partial charge in [0, 0.05) is 6.42 Å². The molecule has 2 aliphatic carbocycles. The Bertz CT molecular complexity index is 667. The van der Waals surface area contributed by atoms with Gasteiger partial charge in [-0.2, -0.15) is 0 Å². The second-order valence-corrected chi connectivity index (χ2v) is 12.6. The van der Waals surface area contributed by atoms with Gasteiger partial charge in [0.1, 0.15) is 9.75 Å². The largest absolute Gasteiger partial charge is 0.469 e. The zero-order valence-corrected chi connectivity index (χ0v) is 23.7. The second kappa shape index (κ2) is 12.8. The van der Waals surface area contributed by atoms with E-state index in [1.54, 1.807) is 0 Å². The van der Waals surface area contributed by atoms with Crippen molar-refractivity contribution in [2.75, 3.05) is 7.11 Å². The molecule has 0 unspecified atom stereocenters. The number of unbranched alkanes of at least 4 members (excludes halogenated alkanes) is 9. The van der Waals surface area contributed by atoms with Crippen LogP contribution in [0.5, 0.6) is 0 Å². The molecule has 0 aliphatic heterocycles. The zero-order chi connectivity index (χ0) is 24.0. The fraction of sp³-hybridized carbons (Fsp3) is 0.875. The van der Waals surface area contributed by atoms with Crippen LogP contribution < -0.4 is 0 Å². The van der Waals surface area contributed by atoms with E-state index in [4.69, 9.17) is 69.6 Å². The highest BCUT2D eigenvalue weighted by Gasteiger charge is 2.81. The minimum Gasteiger partial charge on any atom is -0.469 e. The summed E-state index contributed by atoms with van der Waals surface area (Å²) in [5, 5.41) is 0.624. The van der Waals surface area contributed by atoms with Crippen LogP contribution in [0.3, 0.4) is 0 Å². The van der Waals surface area contributed by atoms with Gasteiger partial charge in [-0.25, -0.2) is 0 Å². The van der Waals surface area contributed by atoms with Gasteiger partial charge in [-0.1, -0.05) is 118 Å². The standard InChI is InChI=1S/C24H36Cl6O2/c1-3-4-5-6-8-11-14-17-18(15-12-9-7-10-13-16-19(31)32-2)23(28)21(26)20(25)22(17,27)24(23,29)30/h17-18H,3-16H2,1-2H3/t17-,18+,22-,23-/m0/s1. The maximum Gasteiger partial charge on any atom is 0.305 e. The summed E-state index contributed by atoms with van der Waals surface area (Å²) in [5.41, 5.74) is 0. The molecule has 4 atom stereocenters. The average Bonchev–Trinajstić information content (AvgIpc) is 2.96. The van der Waals surface area contributed by atoms with Gasteiger partial charge in [0.05, 0.1) is 17.2 Å². The number of hydrogen-bond acceptors (Lipinski definition) is 2. The summed E-state index contributed by atoms with van der Waals surface area (Å²) in [6, 6.07) is 0. The first-order valence-electron chi connectivity index (χ1n) is 12.0. The predicted molar refractivity (Wildman–Crippen MR) is 140 cm³/mol. The Morgan fingerprint density at radius 2 is 1.16 bits per heavy atom. The molecule has 0 heterocycles. The van der Waals surface area contributed by atoms with Gasteiger partial charge in [-0.3, -0.25) is 4.79 Å². The highest BCUT2D eigenvalue weighted by molar-refractivity contribution is 6.65. The molecule has 1 saturated carbocycles. The quantitative estimate of drug-likeness (QED) is 0.112. The summed E-state index contributed by atoms with van der Waals surface area (Å²) < 4.78 is 3.24. The van der Waals surface area contributed by atoms with Crippen molar-refractivity contribution < 1.29 is 9.53 Å². The minimum atomic E-state index is -1.45. The summed E-state index contributed by atoms with van der Waals surface area (Å²) in [6.45, 7) is 2.22. The Kier molecular flexibility index (Phi) is 11.6. The monoisotopic (exact) mass is 566 g/mol. The van der Waals surface area contributed by atoms with Crippen LogP contribution in [-0.2, 0) is 9.53 Å². The van der Waals surface area contributed by atoms with Crippen molar-refractivity contribution in [2.24, 2.45) is 11.8 Å². The molecule has 0 aromatic carbocycles. The van der Waals surface area contributed by atoms with Crippen LogP contribution in [-0.4, -0.2) is 27.2 Å². The van der Waals surface area contributed by atoms with E-state index >= 15 is 0 Å². The Hall–Kier alpha value is 0.950. The molecule has 2 nitrogen and oxygen atoms in total. The maximum absolute atomic E-state index is 11.2. The van der Waals surface area contributed by atoms with Gasteiger partial charge in [0.25, 0.3) is 0 Å². The van der Waals surface area contributed by atoms with Crippen LogP contribution >= 0.6 is 69.6 Å².